The topological polar surface area (TPSA) is 44.1 Å². The molecule has 3 nitrogen and oxygen atoms in total. The number of carbonyl (C=O) groups is 1. The summed E-state index contributed by atoms with van der Waals surface area (Å²) >= 11 is 0. The molecule has 0 saturated carbocycles. The molecule has 1 unspecified atom stereocenters. The largest absolute Gasteiger partial charge is 0.341 e. The Bertz CT molecular complexity index is 644. The number of nitrogens with zero attached hydrogens (tertiary/aromatic N) is 2. The van der Waals surface area contributed by atoms with Gasteiger partial charge in [-0.05, 0) is 31.9 Å². The molecule has 0 fully saturated rings. The average Bonchev–Trinajstić information content (AvgIpc) is 2.73. The summed E-state index contributed by atoms with van der Waals surface area (Å²) in [5, 5.41) is 9.47. The van der Waals surface area contributed by atoms with Crippen LogP contribution in [0.1, 0.15) is 40.2 Å². The number of para-hydroxylation sites is 1. The van der Waals surface area contributed by atoms with Gasteiger partial charge in [0.25, 0.3) is 0 Å². The molecule has 0 N–H and O–H groups in total. The lowest BCUT2D eigenvalue weighted by Crippen LogP contribution is -2.31. The second kappa shape index (κ2) is 5.37. The van der Waals surface area contributed by atoms with Gasteiger partial charge in [-0.15, -0.1) is 0 Å². The Morgan fingerprint density at radius 3 is 2.52 bits per heavy atom. The molecule has 0 bridgehead atoms. The van der Waals surface area contributed by atoms with Crippen LogP contribution in [0.2, 0.25) is 0 Å². The summed E-state index contributed by atoms with van der Waals surface area (Å²) in [6, 6.07) is 10.6. The molecule has 0 spiro atoms. The van der Waals surface area contributed by atoms with Crippen LogP contribution in [0.5, 0.6) is 0 Å². The molecule has 110 valence electrons. The molecule has 3 heteroatoms. The normalized spacial score (nSPS) is 18.9. The van der Waals surface area contributed by atoms with Crippen molar-refractivity contribution in [2.24, 2.45) is 5.41 Å². The van der Waals surface area contributed by atoms with Crippen LogP contribution in [-0.2, 0) is 11.2 Å². The van der Waals surface area contributed by atoms with Crippen molar-refractivity contribution >= 4 is 11.5 Å². The smallest absolute Gasteiger partial charge is 0.180 e. The quantitative estimate of drug-likeness (QED) is 0.611. The highest BCUT2D eigenvalue weighted by Gasteiger charge is 2.32. The van der Waals surface area contributed by atoms with Gasteiger partial charge in [0.05, 0.1) is 0 Å². The maximum absolute atomic E-state index is 12.5. The molecule has 2 rings (SSSR count). The Morgan fingerprint density at radius 2 is 1.95 bits per heavy atom. The molecule has 0 radical (unpaired) electrons. The number of hydrogen-bond acceptors (Lipinski definition) is 3. The van der Waals surface area contributed by atoms with Crippen molar-refractivity contribution in [3.8, 4) is 6.07 Å². The lowest BCUT2D eigenvalue weighted by molar-refractivity contribution is -0.122. The number of hydrogen-bond donors (Lipinski definition) is 0. The minimum absolute atomic E-state index is 0.0981. The van der Waals surface area contributed by atoms with E-state index in [0.29, 0.717) is 0 Å². The fourth-order valence-electron chi connectivity index (χ4n) is 2.87. The van der Waals surface area contributed by atoms with Gasteiger partial charge in [-0.2, -0.15) is 5.26 Å². The van der Waals surface area contributed by atoms with E-state index in [-0.39, 0.29) is 17.4 Å². The van der Waals surface area contributed by atoms with Crippen LogP contribution in [0, 0.1) is 16.7 Å². The van der Waals surface area contributed by atoms with Crippen molar-refractivity contribution in [3.63, 3.8) is 0 Å². The Labute approximate surface area is 126 Å². The van der Waals surface area contributed by atoms with E-state index in [4.69, 9.17) is 0 Å². The number of anilines is 1. The summed E-state index contributed by atoms with van der Waals surface area (Å²) < 4.78 is 0. The van der Waals surface area contributed by atoms with E-state index in [1.54, 1.807) is 0 Å². The van der Waals surface area contributed by atoms with Crippen LogP contribution in [0.25, 0.3) is 0 Å². The van der Waals surface area contributed by atoms with Crippen LogP contribution in [0.4, 0.5) is 5.69 Å². The van der Waals surface area contributed by atoms with Gasteiger partial charge < -0.3 is 4.90 Å². The molecular weight excluding hydrogens is 260 g/mol. The van der Waals surface area contributed by atoms with Gasteiger partial charge in [0.1, 0.15) is 11.6 Å². The zero-order valence-corrected chi connectivity index (χ0v) is 13.4. The van der Waals surface area contributed by atoms with E-state index >= 15 is 0 Å². The van der Waals surface area contributed by atoms with E-state index in [0.717, 1.165) is 17.8 Å². The number of carbonyl (C=O) groups excluding carboxylic acids is 1. The maximum Gasteiger partial charge on any atom is 0.180 e. The molecule has 0 aliphatic carbocycles. The van der Waals surface area contributed by atoms with Crippen LogP contribution < -0.4 is 4.90 Å². The first-order valence-electron chi connectivity index (χ1n) is 7.30. The van der Waals surface area contributed by atoms with Crippen LogP contribution in [0.3, 0.4) is 0 Å². The van der Waals surface area contributed by atoms with Crippen LogP contribution in [0.15, 0.2) is 35.5 Å². The monoisotopic (exact) mass is 282 g/mol. The van der Waals surface area contributed by atoms with Crippen molar-refractivity contribution in [1.29, 1.82) is 5.26 Å². The minimum atomic E-state index is -0.547. The number of fused-ring (bicyclic) bond motifs is 1. The number of ketones is 1. The second-order valence-corrected chi connectivity index (χ2v) is 6.70. The highest BCUT2D eigenvalue weighted by atomic mass is 16.1. The van der Waals surface area contributed by atoms with Crippen molar-refractivity contribution in [3.05, 3.63) is 41.1 Å². The van der Waals surface area contributed by atoms with Gasteiger partial charge in [-0.25, -0.2) is 0 Å². The first-order chi connectivity index (χ1) is 9.77. The Morgan fingerprint density at radius 1 is 1.33 bits per heavy atom. The second-order valence-electron chi connectivity index (χ2n) is 6.70. The highest BCUT2D eigenvalue weighted by molar-refractivity contribution is 6.03. The molecule has 1 atom stereocenters. The number of allylic oxidation sites excluding steroid dienone is 2. The molecule has 1 heterocycles. The molecule has 0 saturated heterocycles. The number of rotatable bonds is 2. The summed E-state index contributed by atoms with van der Waals surface area (Å²) in [4.78, 5) is 14.6. The van der Waals surface area contributed by atoms with Crippen LogP contribution in [-0.4, -0.2) is 11.8 Å². The predicted octanol–water partition coefficient (Wildman–Crippen LogP) is 3.85. The van der Waals surface area contributed by atoms with E-state index in [2.05, 4.69) is 30.0 Å². The molecule has 1 aromatic rings. The molecule has 1 aliphatic rings. The zero-order chi connectivity index (χ0) is 15.8. The summed E-state index contributed by atoms with van der Waals surface area (Å²) in [5.41, 5.74) is 2.86. The average molecular weight is 282 g/mol. The summed E-state index contributed by atoms with van der Waals surface area (Å²) in [7, 11) is 0. The number of benzene rings is 1. The predicted molar refractivity (Wildman–Crippen MR) is 84.9 cm³/mol. The number of nitriles is 1. The fourth-order valence-corrected chi connectivity index (χ4v) is 2.87. The molecule has 0 amide bonds. The highest BCUT2D eigenvalue weighted by Crippen LogP contribution is 2.36. The van der Waals surface area contributed by atoms with Gasteiger partial charge in [0.2, 0.25) is 0 Å². The van der Waals surface area contributed by atoms with Gasteiger partial charge in [-0.1, -0.05) is 39.0 Å². The van der Waals surface area contributed by atoms with Gasteiger partial charge in [-0.3, -0.25) is 4.79 Å². The minimum Gasteiger partial charge on any atom is -0.341 e. The maximum atomic E-state index is 12.5. The summed E-state index contributed by atoms with van der Waals surface area (Å²) in [5.74, 6) is -0.0981. The zero-order valence-electron chi connectivity index (χ0n) is 13.4. The van der Waals surface area contributed by atoms with Crippen molar-refractivity contribution in [1.82, 2.24) is 0 Å². The van der Waals surface area contributed by atoms with Crippen molar-refractivity contribution in [2.45, 2.75) is 47.1 Å². The standard InChI is InChI=1S/C18H22N2O/c1-12-10-14-8-6-7-9-16(14)20(12)13(2)15(11-19)17(21)18(3,4)5/h6-9,12H,10H2,1-5H3/b15-13+. The lowest BCUT2D eigenvalue weighted by Gasteiger charge is -2.28. The van der Waals surface area contributed by atoms with Crippen molar-refractivity contribution in [2.75, 3.05) is 4.90 Å². The lowest BCUT2D eigenvalue weighted by atomic mass is 9.86. The van der Waals surface area contributed by atoms with Crippen molar-refractivity contribution < 1.29 is 4.79 Å². The van der Waals surface area contributed by atoms with E-state index in [1.165, 1.54) is 5.56 Å². The Hall–Kier alpha value is -2.08. The third kappa shape index (κ3) is 2.71. The molecule has 1 aliphatic heterocycles. The summed E-state index contributed by atoms with van der Waals surface area (Å²) in [6.07, 6.45) is 0.940. The molecular formula is C18H22N2O. The van der Waals surface area contributed by atoms with Gasteiger partial charge >= 0.3 is 0 Å². The first kappa shape index (κ1) is 15.3. The van der Waals surface area contributed by atoms with E-state index < -0.39 is 5.41 Å². The SMILES string of the molecule is C/C(=C(/C#N)C(=O)C(C)(C)C)N1c2ccccc2CC1C. The third-order valence-electron chi connectivity index (χ3n) is 3.95. The number of Topliss-reactive ketones (excluding diaryl/α,β-unsaturated/α-hetero) is 1. The van der Waals surface area contributed by atoms with E-state index in [1.807, 2.05) is 39.8 Å². The first-order valence-corrected chi connectivity index (χ1v) is 7.30. The molecule has 1 aromatic carbocycles. The van der Waals surface area contributed by atoms with Crippen LogP contribution >= 0.6 is 0 Å². The van der Waals surface area contributed by atoms with E-state index in [9.17, 15) is 10.1 Å². The summed E-state index contributed by atoms with van der Waals surface area (Å²) in [6.45, 7) is 9.55. The molecule has 21 heavy (non-hydrogen) atoms. The van der Waals surface area contributed by atoms with Gasteiger partial charge in [0, 0.05) is 22.8 Å². The van der Waals surface area contributed by atoms with Gasteiger partial charge in [0.15, 0.2) is 5.78 Å². The Balaban J connectivity index is 2.52. The Kier molecular flexibility index (Phi) is 3.91. The third-order valence-corrected chi connectivity index (χ3v) is 3.95. The fraction of sp³-hybridized carbons (Fsp3) is 0.444. The molecule has 0 aromatic heterocycles.